The van der Waals surface area contributed by atoms with Gasteiger partial charge >= 0.3 is 0 Å². The van der Waals surface area contributed by atoms with Crippen molar-refractivity contribution >= 4 is 22.8 Å². The third kappa shape index (κ3) is 3.94. The number of carbonyl (C=O) groups excluding carboxylic acids is 1. The van der Waals surface area contributed by atoms with E-state index in [4.69, 9.17) is 0 Å². The van der Waals surface area contributed by atoms with Gasteiger partial charge in [-0.15, -0.1) is 0 Å². The van der Waals surface area contributed by atoms with Crippen LogP contribution in [0.4, 0.5) is 10.2 Å². The molecule has 0 spiro atoms. The molecule has 7 heteroatoms. The number of nitrogens with zero attached hydrogens (tertiary/aromatic N) is 3. The fraction of sp³-hybridized carbons (Fsp3) is 0.571. The summed E-state index contributed by atoms with van der Waals surface area (Å²) in [7, 11) is 0. The van der Waals surface area contributed by atoms with Crippen molar-refractivity contribution in [3.63, 3.8) is 0 Å². The molecule has 28 heavy (non-hydrogen) atoms. The van der Waals surface area contributed by atoms with Crippen LogP contribution in [0.1, 0.15) is 49.9 Å². The smallest absolute Gasteiger partial charge is 0.253 e. The minimum Gasteiger partial charge on any atom is -0.390 e. The second-order valence-electron chi connectivity index (χ2n) is 8.62. The van der Waals surface area contributed by atoms with Crippen molar-refractivity contribution in [3.8, 4) is 0 Å². The van der Waals surface area contributed by atoms with Crippen molar-refractivity contribution in [1.82, 2.24) is 15.3 Å². The fourth-order valence-corrected chi connectivity index (χ4v) is 4.13. The molecule has 0 aromatic carbocycles. The Morgan fingerprint density at radius 1 is 1.25 bits per heavy atom. The molecule has 2 aliphatic rings. The Bertz CT molecular complexity index is 868. The van der Waals surface area contributed by atoms with E-state index in [-0.39, 0.29) is 17.9 Å². The Morgan fingerprint density at radius 3 is 2.61 bits per heavy atom. The molecule has 2 aromatic heterocycles. The van der Waals surface area contributed by atoms with Crippen molar-refractivity contribution < 1.29 is 14.3 Å². The topological polar surface area (TPSA) is 78.3 Å². The normalized spacial score (nSPS) is 23.5. The van der Waals surface area contributed by atoms with Gasteiger partial charge in [-0.2, -0.15) is 0 Å². The highest BCUT2D eigenvalue weighted by Crippen LogP contribution is 2.32. The van der Waals surface area contributed by atoms with Crippen LogP contribution in [0.15, 0.2) is 24.4 Å². The molecule has 1 aliphatic carbocycles. The maximum atomic E-state index is 13.0. The number of fused-ring (bicyclic) bond motifs is 1. The molecule has 2 aromatic rings. The standard InChI is InChI=1S/C21H27FN4O2/c1-21(2,28)15-4-6-17(7-5-15)24-20(27)14-9-13-3-8-18(25-19(13)23-10-14)26-11-16(22)12-26/h3,8-10,15-17,28H,4-7,11-12H2,1-2H3,(H,24,27)/t15-,17-. The number of hydrogen-bond donors (Lipinski definition) is 2. The van der Waals surface area contributed by atoms with E-state index in [1.54, 1.807) is 12.3 Å². The molecule has 0 bridgehead atoms. The molecule has 1 aliphatic heterocycles. The number of rotatable bonds is 4. The third-order valence-corrected chi connectivity index (χ3v) is 6.01. The summed E-state index contributed by atoms with van der Waals surface area (Å²) in [6, 6.07) is 5.64. The van der Waals surface area contributed by atoms with Crippen molar-refractivity contribution in [3.05, 3.63) is 30.0 Å². The van der Waals surface area contributed by atoms with E-state index < -0.39 is 11.8 Å². The van der Waals surface area contributed by atoms with Crippen LogP contribution >= 0.6 is 0 Å². The first-order chi connectivity index (χ1) is 13.3. The minimum atomic E-state index is -0.782. The maximum Gasteiger partial charge on any atom is 0.253 e. The summed E-state index contributed by atoms with van der Waals surface area (Å²) in [6.45, 7) is 4.45. The van der Waals surface area contributed by atoms with Crippen LogP contribution < -0.4 is 10.2 Å². The number of carbonyl (C=O) groups is 1. The van der Waals surface area contributed by atoms with Crippen molar-refractivity contribution in [2.45, 2.75) is 57.3 Å². The second kappa shape index (κ2) is 7.28. The number of nitrogens with one attached hydrogen (secondary N) is 1. The van der Waals surface area contributed by atoms with E-state index in [1.807, 2.05) is 30.9 Å². The summed E-state index contributed by atoms with van der Waals surface area (Å²) in [5.74, 6) is 0.866. The number of aliphatic hydroxyl groups is 1. The van der Waals surface area contributed by atoms with Gasteiger partial charge in [0.1, 0.15) is 12.0 Å². The van der Waals surface area contributed by atoms with Gasteiger partial charge in [-0.1, -0.05) is 0 Å². The molecule has 6 nitrogen and oxygen atoms in total. The van der Waals surface area contributed by atoms with Crippen LogP contribution in [0.2, 0.25) is 0 Å². The Morgan fingerprint density at radius 2 is 1.96 bits per heavy atom. The first-order valence-corrected chi connectivity index (χ1v) is 9.98. The second-order valence-corrected chi connectivity index (χ2v) is 8.62. The van der Waals surface area contributed by atoms with Gasteiger partial charge < -0.3 is 15.3 Å². The highest BCUT2D eigenvalue weighted by molar-refractivity contribution is 5.97. The molecule has 1 saturated carbocycles. The summed E-state index contributed by atoms with van der Waals surface area (Å²) in [5, 5.41) is 14.0. The molecule has 2 fully saturated rings. The van der Waals surface area contributed by atoms with Crippen molar-refractivity contribution in [2.24, 2.45) is 5.92 Å². The van der Waals surface area contributed by atoms with E-state index in [0.717, 1.165) is 36.9 Å². The monoisotopic (exact) mass is 386 g/mol. The quantitative estimate of drug-likeness (QED) is 0.845. The van der Waals surface area contributed by atoms with Crippen LogP contribution in [-0.4, -0.2) is 51.9 Å². The molecule has 2 N–H and O–H groups in total. The van der Waals surface area contributed by atoms with E-state index >= 15 is 0 Å². The molecule has 0 atom stereocenters. The predicted octanol–water partition coefficient (Wildman–Crippen LogP) is 2.85. The summed E-state index contributed by atoms with van der Waals surface area (Å²) < 4.78 is 13.0. The lowest BCUT2D eigenvalue weighted by molar-refractivity contribution is -0.00257. The summed E-state index contributed by atoms with van der Waals surface area (Å²) in [5.41, 5.74) is 0.408. The van der Waals surface area contributed by atoms with Gasteiger partial charge in [0, 0.05) is 17.6 Å². The SMILES string of the molecule is CC(C)(O)[C@H]1CC[C@H](NC(=O)c2cnc3nc(N4CC(F)C4)ccc3c2)CC1. The number of pyridine rings is 2. The van der Waals surface area contributed by atoms with Crippen LogP contribution in [0, 0.1) is 5.92 Å². The minimum absolute atomic E-state index is 0.127. The first kappa shape index (κ1) is 19.1. The largest absolute Gasteiger partial charge is 0.390 e. The number of hydrogen-bond acceptors (Lipinski definition) is 5. The van der Waals surface area contributed by atoms with E-state index in [1.165, 1.54) is 0 Å². The first-order valence-electron chi connectivity index (χ1n) is 9.98. The molecular formula is C21H27FN4O2. The Kier molecular flexibility index (Phi) is 4.95. The van der Waals surface area contributed by atoms with Crippen LogP contribution in [0.3, 0.4) is 0 Å². The van der Waals surface area contributed by atoms with E-state index in [0.29, 0.717) is 24.3 Å². The Balaban J connectivity index is 1.40. The molecular weight excluding hydrogens is 359 g/mol. The molecule has 150 valence electrons. The van der Waals surface area contributed by atoms with Crippen LogP contribution in [0.25, 0.3) is 11.0 Å². The predicted molar refractivity (Wildman–Crippen MR) is 106 cm³/mol. The van der Waals surface area contributed by atoms with Gasteiger partial charge in [0.25, 0.3) is 5.91 Å². The Labute approximate surface area is 164 Å². The van der Waals surface area contributed by atoms with Gasteiger partial charge in [0.15, 0.2) is 5.65 Å². The van der Waals surface area contributed by atoms with Gasteiger partial charge in [-0.05, 0) is 63.6 Å². The van der Waals surface area contributed by atoms with Crippen LogP contribution in [-0.2, 0) is 0 Å². The lowest BCUT2D eigenvalue weighted by Crippen LogP contribution is -2.48. The average Bonchev–Trinajstić information content (AvgIpc) is 2.64. The van der Waals surface area contributed by atoms with Gasteiger partial charge in [0.05, 0.1) is 24.3 Å². The van der Waals surface area contributed by atoms with E-state index in [9.17, 15) is 14.3 Å². The Hall–Kier alpha value is -2.28. The lowest BCUT2D eigenvalue weighted by atomic mass is 9.77. The van der Waals surface area contributed by atoms with Crippen molar-refractivity contribution in [1.29, 1.82) is 0 Å². The summed E-state index contributed by atoms with van der Waals surface area (Å²) >= 11 is 0. The van der Waals surface area contributed by atoms with Gasteiger partial charge in [-0.3, -0.25) is 4.79 Å². The van der Waals surface area contributed by atoms with Gasteiger partial charge in [0.2, 0.25) is 0 Å². The van der Waals surface area contributed by atoms with Crippen molar-refractivity contribution in [2.75, 3.05) is 18.0 Å². The molecule has 0 unspecified atom stereocenters. The molecule has 3 heterocycles. The molecule has 1 amide bonds. The zero-order chi connectivity index (χ0) is 19.9. The zero-order valence-electron chi connectivity index (χ0n) is 16.4. The highest BCUT2D eigenvalue weighted by atomic mass is 19.1. The number of amides is 1. The number of anilines is 1. The van der Waals surface area contributed by atoms with Crippen LogP contribution in [0.5, 0.6) is 0 Å². The number of halogens is 1. The highest BCUT2D eigenvalue weighted by Gasteiger charge is 2.32. The van der Waals surface area contributed by atoms with E-state index in [2.05, 4.69) is 15.3 Å². The maximum absolute atomic E-state index is 13.0. The summed E-state index contributed by atoms with van der Waals surface area (Å²) in [6.07, 6.45) is 4.33. The summed E-state index contributed by atoms with van der Waals surface area (Å²) in [4.78, 5) is 23.3. The third-order valence-electron chi connectivity index (χ3n) is 6.01. The van der Waals surface area contributed by atoms with Gasteiger partial charge in [-0.25, -0.2) is 14.4 Å². The number of alkyl halides is 1. The molecule has 0 radical (unpaired) electrons. The fourth-order valence-electron chi connectivity index (χ4n) is 4.13. The average molecular weight is 386 g/mol. The molecule has 4 rings (SSSR count). The lowest BCUT2D eigenvalue weighted by Gasteiger charge is -2.36. The molecule has 1 saturated heterocycles. The number of aromatic nitrogens is 2. The zero-order valence-corrected chi connectivity index (χ0v) is 16.4.